The summed E-state index contributed by atoms with van der Waals surface area (Å²) in [6.45, 7) is 2.48. The molecule has 1 amide bonds. The number of rotatable bonds is 9. The second-order valence-electron chi connectivity index (χ2n) is 5.91. The summed E-state index contributed by atoms with van der Waals surface area (Å²) in [6.07, 6.45) is 0.897. The molecule has 0 aromatic heterocycles. The van der Waals surface area contributed by atoms with E-state index < -0.39 is 17.8 Å². The largest absolute Gasteiger partial charge is 0.494 e. The van der Waals surface area contributed by atoms with Gasteiger partial charge in [0.15, 0.2) is 6.61 Å². The van der Waals surface area contributed by atoms with Crippen LogP contribution in [-0.2, 0) is 20.8 Å². The van der Waals surface area contributed by atoms with Crippen LogP contribution in [0.25, 0.3) is 0 Å². The number of carbonyl (C=O) groups excluding carboxylic acids is 3. The van der Waals surface area contributed by atoms with Crippen LogP contribution < -0.4 is 10.1 Å². The van der Waals surface area contributed by atoms with Crippen LogP contribution >= 0.6 is 0 Å². The third-order valence-corrected chi connectivity index (χ3v) is 3.76. The predicted octanol–water partition coefficient (Wildman–Crippen LogP) is 2.74. The van der Waals surface area contributed by atoms with Crippen molar-refractivity contribution in [1.29, 1.82) is 0 Å². The molecule has 1 N–H and O–H groups in total. The first-order valence-electron chi connectivity index (χ1n) is 8.87. The van der Waals surface area contributed by atoms with Gasteiger partial charge in [-0.3, -0.25) is 4.79 Å². The third kappa shape index (κ3) is 6.42. The molecule has 0 heterocycles. The third-order valence-electron chi connectivity index (χ3n) is 3.76. The molecule has 0 aliphatic carbocycles. The fraction of sp³-hybridized carbons (Fsp3) is 0.286. The molecular weight excluding hydrogens is 362 g/mol. The number of amides is 1. The second-order valence-corrected chi connectivity index (χ2v) is 5.91. The molecule has 7 nitrogen and oxygen atoms in total. The highest BCUT2D eigenvalue weighted by molar-refractivity contribution is 5.91. The van der Waals surface area contributed by atoms with E-state index in [-0.39, 0.29) is 13.2 Å². The Labute approximate surface area is 163 Å². The maximum Gasteiger partial charge on any atom is 0.338 e. The van der Waals surface area contributed by atoms with Crippen molar-refractivity contribution < 1.29 is 28.6 Å². The molecule has 0 aliphatic rings. The molecular formula is C21H23NO6. The predicted molar refractivity (Wildman–Crippen MR) is 102 cm³/mol. The normalized spacial score (nSPS) is 10.1. The Bertz CT molecular complexity index is 799. The van der Waals surface area contributed by atoms with E-state index >= 15 is 0 Å². The van der Waals surface area contributed by atoms with Gasteiger partial charge in [0.25, 0.3) is 5.91 Å². The molecule has 0 unspecified atom stereocenters. The van der Waals surface area contributed by atoms with E-state index in [2.05, 4.69) is 10.1 Å². The van der Waals surface area contributed by atoms with Gasteiger partial charge in [-0.2, -0.15) is 0 Å². The summed E-state index contributed by atoms with van der Waals surface area (Å²) in [5.41, 5.74) is 1.57. The summed E-state index contributed by atoms with van der Waals surface area (Å²) in [7, 11) is 1.31. The lowest BCUT2D eigenvalue weighted by molar-refractivity contribution is -0.124. The van der Waals surface area contributed by atoms with Crippen molar-refractivity contribution >= 4 is 17.8 Å². The second kappa shape index (κ2) is 10.7. The molecule has 0 saturated carbocycles. The molecule has 28 heavy (non-hydrogen) atoms. The molecule has 2 aromatic rings. The number of nitrogens with one attached hydrogen (secondary N) is 1. The lowest BCUT2D eigenvalue weighted by Gasteiger charge is -2.08. The number of carbonyl (C=O) groups is 3. The Morgan fingerprint density at radius 3 is 2.11 bits per heavy atom. The number of ether oxygens (including phenoxy) is 3. The van der Waals surface area contributed by atoms with Gasteiger partial charge in [0.05, 0.1) is 24.8 Å². The van der Waals surface area contributed by atoms with Crippen LogP contribution in [0.4, 0.5) is 0 Å². The van der Waals surface area contributed by atoms with E-state index in [1.165, 1.54) is 7.11 Å². The highest BCUT2D eigenvalue weighted by Gasteiger charge is 2.11. The molecule has 0 saturated heterocycles. The van der Waals surface area contributed by atoms with Crippen molar-refractivity contribution in [2.45, 2.75) is 19.9 Å². The van der Waals surface area contributed by atoms with Crippen LogP contribution in [0.2, 0.25) is 0 Å². The van der Waals surface area contributed by atoms with E-state index in [9.17, 15) is 14.4 Å². The Morgan fingerprint density at radius 1 is 0.893 bits per heavy atom. The van der Waals surface area contributed by atoms with Crippen LogP contribution in [0.3, 0.4) is 0 Å². The number of hydrogen-bond donors (Lipinski definition) is 1. The minimum atomic E-state index is -0.584. The molecule has 0 bridgehead atoms. The summed E-state index contributed by atoms with van der Waals surface area (Å²) >= 11 is 0. The summed E-state index contributed by atoms with van der Waals surface area (Å²) in [6, 6.07) is 13.2. The van der Waals surface area contributed by atoms with Crippen LogP contribution in [0.5, 0.6) is 5.75 Å². The van der Waals surface area contributed by atoms with Crippen molar-refractivity contribution in [3.05, 3.63) is 65.2 Å². The minimum absolute atomic E-state index is 0.251. The number of methoxy groups -OCH3 is 1. The number of esters is 2. The van der Waals surface area contributed by atoms with Gasteiger partial charge in [0.1, 0.15) is 5.75 Å². The zero-order chi connectivity index (χ0) is 20.4. The van der Waals surface area contributed by atoms with Gasteiger partial charge in [-0.15, -0.1) is 0 Å². The van der Waals surface area contributed by atoms with Crippen molar-refractivity contribution in [3.63, 3.8) is 0 Å². The zero-order valence-electron chi connectivity index (χ0n) is 15.9. The molecule has 0 aliphatic heterocycles. The first kappa shape index (κ1) is 21.0. The zero-order valence-corrected chi connectivity index (χ0v) is 15.9. The number of benzene rings is 2. The van der Waals surface area contributed by atoms with Crippen molar-refractivity contribution in [3.8, 4) is 5.75 Å². The fourth-order valence-corrected chi connectivity index (χ4v) is 2.25. The van der Waals surface area contributed by atoms with Gasteiger partial charge >= 0.3 is 11.9 Å². The van der Waals surface area contributed by atoms with Crippen LogP contribution in [0, 0.1) is 0 Å². The first-order valence-corrected chi connectivity index (χ1v) is 8.87. The molecule has 0 spiro atoms. The Kier molecular flexibility index (Phi) is 8.02. The molecule has 0 radical (unpaired) electrons. The van der Waals surface area contributed by atoms with Gasteiger partial charge in [-0.1, -0.05) is 19.1 Å². The van der Waals surface area contributed by atoms with E-state index in [4.69, 9.17) is 9.47 Å². The highest BCUT2D eigenvalue weighted by atomic mass is 16.5. The van der Waals surface area contributed by atoms with E-state index in [0.717, 1.165) is 12.0 Å². The van der Waals surface area contributed by atoms with Crippen LogP contribution in [0.1, 0.15) is 39.6 Å². The van der Waals surface area contributed by atoms with Gasteiger partial charge < -0.3 is 19.5 Å². The molecule has 7 heteroatoms. The smallest absolute Gasteiger partial charge is 0.338 e. The van der Waals surface area contributed by atoms with Gasteiger partial charge in [0, 0.05) is 6.54 Å². The average Bonchev–Trinajstić information content (AvgIpc) is 2.74. The SMILES string of the molecule is CCCOc1ccc(C(=O)OCC(=O)NCc2ccc(C(=O)OC)cc2)cc1. The fourth-order valence-electron chi connectivity index (χ4n) is 2.25. The van der Waals surface area contributed by atoms with Gasteiger partial charge in [0.2, 0.25) is 0 Å². The number of hydrogen-bond acceptors (Lipinski definition) is 6. The maximum atomic E-state index is 12.0. The van der Waals surface area contributed by atoms with Crippen molar-refractivity contribution in [1.82, 2.24) is 5.32 Å². The summed E-state index contributed by atoms with van der Waals surface area (Å²) < 4.78 is 15.1. The average molecular weight is 385 g/mol. The standard InChI is InChI=1S/C21H23NO6/c1-3-12-27-18-10-8-17(9-11-18)21(25)28-14-19(23)22-13-15-4-6-16(7-5-15)20(24)26-2/h4-11H,3,12-14H2,1-2H3,(H,22,23). The highest BCUT2D eigenvalue weighted by Crippen LogP contribution is 2.13. The molecule has 2 aromatic carbocycles. The Morgan fingerprint density at radius 2 is 1.50 bits per heavy atom. The van der Waals surface area contributed by atoms with Gasteiger partial charge in [-0.05, 0) is 48.4 Å². The van der Waals surface area contributed by atoms with Gasteiger partial charge in [-0.25, -0.2) is 9.59 Å². The lowest BCUT2D eigenvalue weighted by atomic mass is 10.1. The summed E-state index contributed by atoms with van der Waals surface area (Å²) in [5, 5.41) is 2.65. The Hall–Kier alpha value is -3.35. The first-order chi connectivity index (χ1) is 13.5. The van der Waals surface area contributed by atoms with Crippen molar-refractivity contribution in [2.75, 3.05) is 20.3 Å². The quantitative estimate of drug-likeness (QED) is 0.668. The van der Waals surface area contributed by atoms with E-state index in [0.29, 0.717) is 23.5 Å². The monoisotopic (exact) mass is 385 g/mol. The van der Waals surface area contributed by atoms with E-state index in [1.807, 2.05) is 6.92 Å². The topological polar surface area (TPSA) is 90.9 Å². The Balaban J connectivity index is 1.75. The maximum absolute atomic E-state index is 12.0. The van der Waals surface area contributed by atoms with Crippen LogP contribution in [0.15, 0.2) is 48.5 Å². The molecule has 0 atom stereocenters. The van der Waals surface area contributed by atoms with E-state index in [1.54, 1.807) is 48.5 Å². The summed E-state index contributed by atoms with van der Waals surface area (Å²) in [5.74, 6) is -0.755. The summed E-state index contributed by atoms with van der Waals surface area (Å²) in [4.78, 5) is 35.2. The lowest BCUT2D eigenvalue weighted by Crippen LogP contribution is -2.28. The minimum Gasteiger partial charge on any atom is -0.494 e. The van der Waals surface area contributed by atoms with Crippen LogP contribution in [-0.4, -0.2) is 38.2 Å². The van der Waals surface area contributed by atoms with Crippen molar-refractivity contribution in [2.24, 2.45) is 0 Å². The molecule has 2 rings (SSSR count). The molecule has 0 fully saturated rings. The molecule has 148 valence electrons.